The van der Waals surface area contributed by atoms with E-state index in [-0.39, 0.29) is 24.3 Å². The molecule has 0 aromatic heterocycles. The molecule has 1 aromatic carbocycles. The molecule has 0 radical (unpaired) electrons. The van der Waals surface area contributed by atoms with Crippen LogP contribution in [0.15, 0.2) is 30.3 Å². The molecule has 0 aliphatic carbocycles. The van der Waals surface area contributed by atoms with Crippen molar-refractivity contribution in [1.29, 1.82) is 0 Å². The summed E-state index contributed by atoms with van der Waals surface area (Å²) in [5.74, 6) is -2.17. The van der Waals surface area contributed by atoms with Gasteiger partial charge in [0.2, 0.25) is 11.8 Å². The molecule has 1 saturated heterocycles. The highest BCUT2D eigenvalue weighted by molar-refractivity contribution is 6.07. The third kappa shape index (κ3) is 3.83. The Balaban J connectivity index is 2.15. The van der Waals surface area contributed by atoms with Crippen LogP contribution in [0, 0.1) is 11.8 Å². The van der Waals surface area contributed by atoms with Crippen LogP contribution in [0.5, 0.6) is 0 Å². The van der Waals surface area contributed by atoms with Gasteiger partial charge in [0, 0.05) is 5.92 Å². The van der Waals surface area contributed by atoms with Crippen molar-refractivity contribution >= 4 is 17.8 Å². The summed E-state index contributed by atoms with van der Waals surface area (Å²) in [7, 11) is 0. The van der Waals surface area contributed by atoms with Gasteiger partial charge in [0.15, 0.2) is 0 Å². The average molecular weight is 331 g/mol. The first kappa shape index (κ1) is 18.2. The second kappa shape index (κ2) is 6.75. The van der Waals surface area contributed by atoms with Crippen molar-refractivity contribution < 1.29 is 19.1 Å². The Morgan fingerprint density at radius 3 is 2.29 bits per heavy atom. The highest BCUT2D eigenvalue weighted by atomic mass is 16.6. The van der Waals surface area contributed by atoms with Crippen molar-refractivity contribution in [3.63, 3.8) is 0 Å². The quantitative estimate of drug-likeness (QED) is 0.629. The zero-order chi connectivity index (χ0) is 18.1. The third-order valence-electron chi connectivity index (χ3n) is 4.32. The Kier molecular flexibility index (Phi) is 5.11. The predicted octanol–water partition coefficient (Wildman–Crippen LogP) is 2.75. The second-order valence-electron chi connectivity index (χ2n) is 7.36. The number of esters is 1. The number of carbonyl (C=O) groups is 3. The number of hydrogen-bond donors (Lipinski definition) is 0. The molecule has 2 amide bonds. The SMILES string of the molecule is CC1C(=O)N(CC(=O)OC(C)(C)C)C(=O)C1C(C)c1ccccc1. The molecule has 5 nitrogen and oxygen atoms in total. The predicted molar refractivity (Wildman–Crippen MR) is 90.1 cm³/mol. The van der Waals surface area contributed by atoms with Crippen molar-refractivity contribution in [2.24, 2.45) is 11.8 Å². The smallest absolute Gasteiger partial charge is 0.326 e. The normalized spacial score (nSPS) is 22.6. The summed E-state index contributed by atoms with van der Waals surface area (Å²) in [5.41, 5.74) is 0.361. The van der Waals surface area contributed by atoms with Crippen LogP contribution in [-0.2, 0) is 19.1 Å². The van der Waals surface area contributed by atoms with E-state index in [0.717, 1.165) is 10.5 Å². The lowest BCUT2D eigenvalue weighted by Gasteiger charge is -2.22. The van der Waals surface area contributed by atoms with E-state index in [1.807, 2.05) is 37.3 Å². The minimum Gasteiger partial charge on any atom is -0.459 e. The summed E-state index contributed by atoms with van der Waals surface area (Å²) in [5, 5.41) is 0. The van der Waals surface area contributed by atoms with Gasteiger partial charge in [0.25, 0.3) is 0 Å². The largest absolute Gasteiger partial charge is 0.459 e. The standard InChI is InChI=1S/C19H25NO4/c1-12(14-9-7-6-8-10-14)16-13(2)17(22)20(18(16)23)11-15(21)24-19(3,4)5/h6-10,12-13,16H,11H2,1-5H3. The summed E-state index contributed by atoms with van der Waals surface area (Å²) in [4.78, 5) is 38.2. The zero-order valence-electron chi connectivity index (χ0n) is 14.9. The summed E-state index contributed by atoms with van der Waals surface area (Å²) < 4.78 is 5.23. The fourth-order valence-electron chi connectivity index (χ4n) is 3.17. The van der Waals surface area contributed by atoms with Gasteiger partial charge in [-0.3, -0.25) is 19.3 Å². The molecule has 2 rings (SSSR count). The molecule has 1 aliphatic heterocycles. The van der Waals surface area contributed by atoms with Crippen LogP contribution in [0.3, 0.4) is 0 Å². The summed E-state index contributed by atoms with van der Waals surface area (Å²) in [6.07, 6.45) is 0. The Morgan fingerprint density at radius 2 is 1.75 bits per heavy atom. The Morgan fingerprint density at radius 1 is 1.17 bits per heavy atom. The number of nitrogens with zero attached hydrogens (tertiary/aromatic N) is 1. The molecule has 1 fully saturated rings. The van der Waals surface area contributed by atoms with E-state index in [0.29, 0.717) is 0 Å². The van der Waals surface area contributed by atoms with Crippen LogP contribution in [0.2, 0.25) is 0 Å². The van der Waals surface area contributed by atoms with Crippen LogP contribution in [0.1, 0.15) is 46.1 Å². The van der Waals surface area contributed by atoms with Crippen molar-refractivity contribution in [3.05, 3.63) is 35.9 Å². The van der Waals surface area contributed by atoms with Gasteiger partial charge in [-0.2, -0.15) is 0 Å². The zero-order valence-corrected chi connectivity index (χ0v) is 14.9. The van der Waals surface area contributed by atoms with Gasteiger partial charge in [-0.05, 0) is 32.3 Å². The first-order chi connectivity index (χ1) is 11.1. The van der Waals surface area contributed by atoms with Crippen molar-refractivity contribution in [2.75, 3.05) is 6.54 Å². The maximum Gasteiger partial charge on any atom is 0.326 e. The number of imide groups is 1. The minimum atomic E-state index is -0.648. The number of rotatable bonds is 4. The van der Waals surface area contributed by atoms with Gasteiger partial charge in [0.05, 0.1) is 5.92 Å². The monoisotopic (exact) mass is 331 g/mol. The van der Waals surface area contributed by atoms with Crippen molar-refractivity contribution in [1.82, 2.24) is 4.90 Å². The van der Waals surface area contributed by atoms with Crippen LogP contribution in [0.25, 0.3) is 0 Å². The molecule has 0 N–H and O–H groups in total. The van der Waals surface area contributed by atoms with E-state index in [9.17, 15) is 14.4 Å². The van der Waals surface area contributed by atoms with E-state index < -0.39 is 23.4 Å². The number of carbonyl (C=O) groups excluding carboxylic acids is 3. The number of benzene rings is 1. The number of amides is 2. The first-order valence-corrected chi connectivity index (χ1v) is 8.24. The lowest BCUT2D eigenvalue weighted by molar-refractivity contribution is -0.161. The van der Waals surface area contributed by atoms with Gasteiger partial charge in [-0.25, -0.2) is 0 Å². The van der Waals surface area contributed by atoms with Crippen LogP contribution in [0.4, 0.5) is 0 Å². The molecule has 0 saturated carbocycles. The number of hydrogen-bond acceptors (Lipinski definition) is 4. The fourth-order valence-corrected chi connectivity index (χ4v) is 3.17. The van der Waals surface area contributed by atoms with Crippen LogP contribution < -0.4 is 0 Å². The number of ether oxygens (including phenoxy) is 1. The highest BCUT2D eigenvalue weighted by Crippen LogP contribution is 2.37. The fraction of sp³-hybridized carbons (Fsp3) is 0.526. The van der Waals surface area contributed by atoms with Crippen LogP contribution >= 0.6 is 0 Å². The van der Waals surface area contributed by atoms with Gasteiger partial charge in [0.1, 0.15) is 12.1 Å². The second-order valence-corrected chi connectivity index (χ2v) is 7.36. The molecule has 5 heteroatoms. The molecule has 0 spiro atoms. The van der Waals surface area contributed by atoms with Crippen molar-refractivity contribution in [3.8, 4) is 0 Å². The molecule has 130 valence electrons. The van der Waals surface area contributed by atoms with Gasteiger partial charge in [-0.15, -0.1) is 0 Å². The van der Waals surface area contributed by atoms with E-state index in [1.54, 1.807) is 27.7 Å². The van der Waals surface area contributed by atoms with E-state index in [4.69, 9.17) is 4.74 Å². The van der Waals surface area contributed by atoms with Crippen molar-refractivity contribution in [2.45, 2.75) is 46.1 Å². The molecule has 1 heterocycles. The maximum atomic E-state index is 12.7. The van der Waals surface area contributed by atoms with Gasteiger partial charge < -0.3 is 4.74 Å². The Hall–Kier alpha value is -2.17. The summed E-state index contributed by atoms with van der Waals surface area (Å²) in [6, 6.07) is 9.64. The lowest BCUT2D eigenvalue weighted by atomic mass is 9.81. The molecule has 24 heavy (non-hydrogen) atoms. The van der Waals surface area contributed by atoms with E-state index in [1.165, 1.54) is 0 Å². The molecule has 3 atom stereocenters. The third-order valence-corrected chi connectivity index (χ3v) is 4.32. The van der Waals surface area contributed by atoms with Gasteiger partial charge >= 0.3 is 5.97 Å². The minimum absolute atomic E-state index is 0.0960. The molecule has 3 unspecified atom stereocenters. The Bertz CT molecular complexity index is 633. The molecule has 0 bridgehead atoms. The summed E-state index contributed by atoms with van der Waals surface area (Å²) in [6.45, 7) is 8.62. The van der Waals surface area contributed by atoms with Gasteiger partial charge in [-0.1, -0.05) is 44.2 Å². The molecule has 1 aromatic rings. The Labute approximate surface area is 143 Å². The average Bonchev–Trinajstić information content (AvgIpc) is 2.69. The number of likely N-dealkylation sites (tertiary alicyclic amines) is 1. The molecular formula is C19H25NO4. The molecular weight excluding hydrogens is 306 g/mol. The topological polar surface area (TPSA) is 63.7 Å². The van der Waals surface area contributed by atoms with E-state index >= 15 is 0 Å². The lowest BCUT2D eigenvalue weighted by Crippen LogP contribution is -2.39. The summed E-state index contributed by atoms with van der Waals surface area (Å²) >= 11 is 0. The van der Waals surface area contributed by atoms with Crippen LogP contribution in [-0.4, -0.2) is 34.8 Å². The maximum absolute atomic E-state index is 12.7. The first-order valence-electron chi connectivity index (χ1n) is 8.24. The van der Waals surface area contributed by atoms with E-state index in [2.05, 4.69) is 0 Å². The highest BCUT2D eigenvalue weighted by Gasteiger charge is 2.48. The molecule has 1 aliphatic rings.